The maximum atomic E-state index is 14.1. The molecule has 1 heterocycles. The van der Waals surface area contributed by atoms with E-state index in [9.17, 15) is 4.39 Å². The highest BCUT2D eigenvalue weighted by molar-refractivity contribution is 8.00. The second kappa shape index (κ2) is 4.96. The van der Waals surface area contributed by atoms with E-state index in [1.54, 1.807) is 17.8 Å². The first-order valence-corrected chi connectivity index (χ1v) is 7.26. The van der Waals surface area contributed by atoms with E-state index in [1.165, 1.54) is 6.08 Å². The topological polar surface area (TPSA) is 64.4 Å². The zero-order chi connectivity index (χ0) is 13.3. The molecule has 100 valence electrons. The number of amidine groups is 1. The van der Waals surface area contributed by atoms with Crippen LogP contribution in [0, 0.1) is 5.92 Å². The van der Waals surface area contributed by atoms with Crippen molar-refractivity contribution in [2.75, 3.05) is 5.75 Å². The molecule has 0 radical (unpaired) electrons. The first-order valence-electron chi connectivity index (χ1n) is 6.21. The van der Waals surface area contributed by atoms with Crippen molar-refractivity contribution in [2.45, 2.75) is 37.5 Å². The average molecular weight is 269 g/mol. The van der Waals surface area contributed by atoms with Gasteiger partial charge in [-0.15, -0.1) is 0 Å². The van der Waals surface area contributed by atoms with Gasteiger partial charge in [0, 0.05) is 11.6 Å². The summed E-state index contributed by atoms with van der Waals surface area (Å²) in [6.45, 7) is 4.02. The van der Waals surface area contributed by atoms with Crippen LogP contribution in [-0.4, -0.2) is 22.4 Å². The molecule has 1 aliphatic heterocycles. The summed E-state index contributed by atoms with van der Waals surface area (Å²) in [7, 11) is 0. The van der Waals surface area contributed by atoms with Gasteiger partial charge in [0.25, 0.3) is 0 Å². The Morgan fingerprint density at radius 3 is 2.89 bits per heavy atom. The molecule has 5 heteroatoms. The molecule has 3 nitrogen and oxygen atoms in total. The van der Waals surface area contributed by atoms with Crippen LogP contribution in [0.15, 0.2) is 28.7 Å². The van der Waals surface area contributed by atoms with Crippen LogP contribution in [0.25, 0.3) is 0 Å². The first kappa shape index (κ1) is 13.5. The predicted octanol–water partition coefficient (Wildman–Crippen LogP) is 2.34. The maximum Gasteiger partial charge on any atom is 0.107 e. The fraction of sp³-hybridized carbons (Fsp3) is 0.615. The molecule has 0 saturated carbocycles. The third kappa shape index (κ3) is 2.55. The minimum absolute atomic E-state index is 0.136. The molecule has 1 aliphatic carbocycles. The van der Waals surface area contributed by atoms with Gasteiger partial charge in [-0.05, 0) is 44.6 Å². The van der Waals surface area contributed by atoms with E-state index in [2.05, 4.69) is 4.99 Å². The summed E-state index contributed by atoms with van der Waals surface area (Å²) in [5.74, 6) is 1.13. The number of halogens is 1. The van der Waals surface area contributed by atoms with Crippen molar-refractivity contribution in [1.29, 1.82) is 0 Å². The number of aliphatic imine (C=N–C) groups is 1. The zero-order valence-electron chi connectivity index (χ0n) is 10.8. The smallest absolute Gasteiger partial charge is 0.107 e. The minimum atomic E-state index is -0.485. The standard InChI is InChI=1S/C13H20FN3S/c1-8-12(16)17-13(2,5-6-18-8)10-7-9(15)3-4-11(10)14/h3-4,8,10H,5-7,15H2,1-2H3,(H2,16,17)/t8?,10?,13-/m0/s1. The van der Waals surface area contributed by atoms with Gasteiger partial charge in [-0.2, -0.15) is 11.8 Å². The lowest BCUT2D eigenvalue weighted by molar-refractivity contribution is 0.282. The lowest BCUT2D eigenvalue weighted by atomic mass is 9.78. The highest BCUT2D eigenvalue weighted by Gasteiger charge is 2.39. The molecule has 0 aromatic heterocycles. The second-order valence-electron chi connectivity index (χ2n) is 5.21. The Morgan fingerprint density at radius 2 is 2.17 bits per heavy atom. The lowest BCUT2D eigenvalue weighted by Gasteiger charge is -2.34. The van der Waals surface area contributed by atoms with E-state index >= 15 is 0 Å². The van der Waals surface area contributed by atoms with E-state index < -0.39 is 5.54 Å². The number of nitrogens with two attached hydrogens (primary N) is 2. The molecule has 0 aromatic carbocycles. The molecular formula is C13H20FN3S. The molecule has 2 rings (SSSR count). The minimum Gasteiger partial charge on any atom is -0.402 e. The van der Waals surface area contributed by atoms with Crippen molar-refractivity contribution in [2.24, 2.45) is 22.4 Å². The summed E-state index contributed by atoms with van der Waals surface area (Å²) < 4.78 is 14.1. The van der Waals surface area contributed by atoms with Gasteiger partial charge in [0.15, 0.2) is 0 Å². The molecule has 0 fully saturated rings. The Labute approximate surface area is 112 Å². The van der Waals surface area contributed by atoms with Gasteiger partial charge >= 0.3 is 0 Å². The van der Waals surface area contributed by atoms with E-state index in [0.717, 1.165) is 12.2 Å². The van der Waals surface area contributed by atoms with Crippen molar-refractivity contribution in [3.05, 3.63) is 23.7 Å². The van der Waals surface area contributed by atoms with Gasteiger partial charge in [0.1, 0.15) is 11.7 Å². The molecule has 18 heavy (non-hydrogen) atoms. The summed E-state index contributed by atoms with van der Waals surface area (Å²) in [5.41, 5.74) is 12.0. The molecule has 0 saturated heterocycles. The van der Waals surface area contributed by atoms with E-state index in [4.69, 9.17) is 11.5 Å². The summed E-state index contributed by atoms with van der Waals surface area (Å²) >= 11 is 1.77. The van der Waals surface area contributed by atoms with Crippen LogP contribution in [0.2, 0.25) is 0 Å². The molecule has 0 amide bonds. The lowest BCUT2D eigenvalue weighted by Crippen LogP contribution is -2.38. The highest BCUT2D eigenvalue weighted by atomic mass is 32.2. The SMILES string of the molecule is CC1SCC[C@@](C)(C2CC(N)=CC=C2F)N=C1N. The number of thioether (sulfide) groups is 1. The molecule has 0 aromatic rings. The quantitative estimate of drug-likeness (QED) is 0.768. The molecule has 0 bridgehead atoms. The van der Waals surface area contributed by atoms with Crippen molar-refractivity contribution >= 4 is 17.6 Å². The van der Waals surface area contributed by atoms with Gasteiger partial charge in [-0.1, -0.05) is 0 Å². The fourth-order valence-corrected chi connectivity index (χ4v) is 3.55. The van der Waals surface area contributed by atoms with Gasteiger partial charge in [-0.25, -0.2) is 4.39 Å². The molecule has 2 unspecified atom stereocenters. The summed E-state index contributed by atoms with van der Waals surface area (Å²) in [6, 6.07) is 0. The Kier molecular flexibility index (Phi) is 3.71. The van der Waals surface area contributed by atoms with Crippen molar-refractivity contribution in [3.63, 3.8) is 0 Å². The molecular weight excluding hydrogens is 249 g/mol. The van der Waals surface area contributed by atoms with Crippen LogP contribution in [-0.2, 0) is 0 Å². The highest BCUT2D eigenvalue weighted by Crippen LogP contribution is 2.40. The van der Waals surface area contributed by atoms with Crippen LogP contribution in [0.1, 0.15) is 26.7 Å². The third-order valence-electron chi connectivity index (χ3n) is 3.76. The largest absolute Gasteiger partial charge is 0.402 e. The summed E-state index contributed by atoms with van der Waals surface area (Å²) in [4.78, 5) is 4.61. The fourth-order valence-electron chi connectivity index (χ4n) is 2.44. The summed E-state index contributed by atoms with van der Waals surface area (Å²) in [5, 5.41) is 0.204. The Balaban J connectivity index is 2.31. The maximum absolute atomic E-state index is 14.1. The van der Waals surface area contributed by atoms with E-state index in [1.807, 2.05) is 13.8 Å². The van der Waals surface area contributed by atoms with Crippen molar-refractivity contribution in [1.82, 2.24) is 0 Å². The molecule has 0 spiro atoms. The Hall–Kier alpha value is -0.970. The van der Waals surface area contributed by atoms with Crippen LogP contribution in [0.3, 0.4) is 0 Å². The zero-order valence-corrected chi connectivity index (χ0v) is 11.6. The molecule has 2 aliphatic rings. The van der Waals surface area contributed by atoms with Crippen molar-refractivity contribution in [3.8, 4) is 0 Å². The Morgan fingerprint density at radius 1 is 1.44 bits per heavy atom. The number of nitrogens with zero attached hydrogens (tertiary/aromatic N) is 1. The van der Waals surface area contributed by atoms with E-state index in [0.29, 0.717) is 18.0 Å². The number of hydrogen-bond acceptors (Lipinski definition) is 4. The monoisotopic (exact) mass is 269 g/mol. The van der Waals surface area contributed by atoms with Gasteiger partial charge in [0.2, 0.25) is 0 Å². The van der Waals surface area contributed by atoms with Crippen LogP contribution in [0.4, 0.5) is 4.39 Å². The number of rotatable bonds is 1. The number of allylic oxidation sites excluding steroid dienone is 3. The number of hydrogen-bond donors (Lipinski definition) is 2. The second-order valence-corrected chi connectivity index (χ2v) is 6.66. The average Bonchev–Trinajstić information content (AvgIpc) is 2.43. The predicted molar refractivity (Wildman–Crippen MR) is 76.1 cm³/mol. The van der Waals surface area contributed by atoms with Crippen LogP contribution >= 0.6 is 11.8 Å². The van der Waals surface area contributed by atoms with Gasteiger partial charge in [-0.3, -0.25) is 4.99 Å². The summed E-state index contributed by atoms with van der Waals surface area (Å²) in [6.07, 6.45) is 4.44. The van der Waals surface area contributed by atoms with Crippen LogP contribution in [0.5, 0.6) is 0 Å². The first-order chi connectivity index (χ1) is 8.42. The molecule has 4 N–H and O–H groups in total. The Bertz CT molecular complexity index is 430. The normalized spacial score (nSPS) is 37.4. The van der Waals surface area contributed by atoms with Gasteiger partial charge < -0.3 is 11.5 Å². The van der Waals surface area contributed by atoms with Gasteiger partial charge in [0.05, 0.1) is 10.8 Å². The van der Waals surface area contributed by atoms with E-state index in [-0.39, 0.29) is 17.0 Å². The molecule has 3 atom stereocenters. The van der Waals surface area contributed by atoms with Crippen molar-refractivity contribution < 1.29 is 4.39 Å². The third-order valence-corrected chi connectivity index (χ3v) is 4.94. The van der Waals surface area contributed by atoms with Crippen LogP contribution < -0.4 is 11.5 Å².